The normalized spacial score (nSPS) is 16.3. The molecule has 3 heterocycles. The monoisotopic (exact) mass is 334 g/mol. The van der Waals surface area contributed by atoms with Crippen molar-refractivity contribution in [3.05, 3.63) is 21.7 Å². The topological polar surface area (TPSA) is 74.4 Å². The molecule has 0 atom stereocenters. The van der Waals surface area contributed by atoms with Gasteiger partial charge in [-0.25, -0.2) is 9.78 Å². The summed E-state index contributed by atoms with van der Waals surface area (Å²) in [7, 11) is 0. The van der Waals surface area contributed by atoms with E-state index in [0.29, 0.717) is 23.8 Å². The van der Waals surface area contributed by atoms with E-state index in [9.17, 15) is 4.79 Å². The Balaban J connectivity index is 2.26. The number of nitrogen functional groups attached to an aromatic ring is 1. The lowest BCUT2D eigenvalue weighted by Crippen LogP contribution is -2.32. The van der Waals surface area contributed by atoms with Crippen LogP contribution < -0.4 is 5.73 Å². The zero-order valence-electron chi connectivity index (χ0n) is 14.0. The first-order valence-corrected chi connectivity index (χ1v) is 8.73. The number of hydrogen-bond donors (Lipinski definition) is 1. The van der Waals surface area contributed by atoms with Gasteiger partial charge in [-0.2, -0.15) is 0 Å². The molecule has 0 saturated heterocycles. The SMILES string of the molecule is CCOC(=O)c1sc2nc(CC)c3c(c2c1N)CC(C)(C)OC3. The summed E-state index contributed by atoms with van der Waals surface area (Å²) in [5, 5.41) is 0.904. The second-order valence-corrected chi connectivity index (χ2v) is 7.34. The summed E-state index contributed by atoms with van der Waals surface area (Å²) in [6.07, 6.45) is 1.59. The van der Waals surface area contributed by atoms with E-state index in [4.69, 9.17) is 20.2 Å². The van der Waals surface area contributed by atoms with E-state index in [1.807, 2.05) is 0 Å². The summed E-state index contributed by atoms with van der Waals surface area (Å²) in [5.41, 5.74) is 9.88. The van der Waals surface area contributed by atoms with Gasteiger partial charge in [0.1, 0.15) is 9.71 Å². The van der Waals surface area contributed by atoms with E-state index >= 15 is 0 Å². The Hall–Kier alpha value is -1.66. The van der Waals surface area contributed by atoms with Crippen LogP contribution in [0.4, 0.5) is 5.69 Å². The van der Waals surface area contributed by atoms with Crippen LogP contribution in [-0.4, -0.2) is 23.2 Å². The Bertz CT molecular complexity index is 780. The minimum absolute atomic E-state index is 0.245. The Kier molecular flexibility index (Phi) is 4.06. The van der Waals surface area contributed by atoms with Gasteiger partial charge in [0.25, 0.3) is 0 Å². The summed E-state index contributed by atoms with van der Waals surface area (Å²) >= 11 is 1.32. The molecule has 23 heavy (non-hydrogen) atoms. The Morgan fingerprint density at radius 1 is 1.39 bits per heavy atom. The lowest BCUT2D eigenvalue weighted by Gasteiger charge is -2.33. The van der Waals surface area contributed by atoms with Crippen LogP contribution in [0.3, 0.4) is 0 Å². The first-order valence-electron chi connectivity index (χ1n) is 7.91. The fourth-order valence-corrected chi connectivity index (χ4v) is 4.11. The predicted octanol–water partition coefficient (Wildman–Crippen LogP) is 3.47. The third-order valence-electron chi connectivity index (χ3n) is 4.18. The summed E-state index contributed by atoms with van der Waals surface area (Å²) in [6, 6.07) is 0. The molecular formula is C17H22N2O3S. The molecule has 1 aliphatic rings. The van der Waals surface area contributed by atoms with Crippen molar-refractivity contribution in [3.63, 3.8) is 0 Å². The molecule has 6 heteroatoms. The summed E-state index contributed by atoms with van der Waals surface area (Å²) in [4.78, 5) is 18.1. The molecule has 2 N–H and O–H groups in total. The Morgan fingerprint density at radius 3 is 2.78 bits per heavy atom. The molecule has 2 aromatic rings. The number of hydrogen-bond acceptors (Lipinski definition) is 6. The van der Waals surface area contributed by atoms with Crippen LogP contribution >= 0.6 is 11.3 Å². The number of aromatic nitrogens is 1. The highest BCUT2D eigenvalue weighted by atomic mass is 32.1. The highest BCUT2D eigenvalue weighted by Crippen LogP contribution is 2.41. The molecule has 0 aliphatic carbocycles. The second kappa shape index (κ2) is 5.76. The lowest BCUT2D eigenvalue weighted by molar-refractivity contribution is -0.0401. The Morgan fingerprint density at radius 2 is 2.13 bits per heavy atom. The summed E-state index contributed by atoms with van der Waals surface area (Å²) in [6.45, 7) is 8.89. The number of pyridine rings is 1. The van der Waals surface area contributed by atoms with E-state index in [0.717, 1.165) is 34.3 Å². The molecule has 0 unspecified atom stereocenters. The number of carbonyl (C=O) groups is 1. The quantitative estimate of drug-likeness (QED) is 0.870. The molecule has 0 saturated carbocycles. The van der Waals surface area contributed by atoms with Gasteiger partial charge in [0.15, 0.2) is 0 Å². The fraction of sp³-hybridized carbons (Fsp3) is 0.529. The predicted molar refractivity (Wildman–Crippen MR) is 91.9 cm³/mol. The van der Waals surface area contributed by atoms with Crippen LogP contribution in [0, 0.1) is 0 Å². The van der Waals surface area contributed by atoms with E-state index < -0.39 is 0 Å². The van der Waals surface area contributed by atoms with Gasteiger partial charge in [-0.1, -0.05) is 6.92 Å². The average Bonchev–Trinajstić information content (AvgIpc) is 2.82. The smallest absolute Gasteiger partial charge is 0.350 e. The van der Waals surface area contributed by atoms with Gasteiger partial charge in [0.05, 0.1) is 24.5 Å². The highest BCUT2D eigenvalue weighted by Gasteiger charge is 2.32. The molecule has 0 spiro atoms. The number of anilines is 1. The van der Waals surface area contributed by atoms with Gasteiger partial charge in [-0.15, -0.1) is 11.3 Å². The summed E-state index contributed by atoms with van der Waals surface area (Å²) < 4.78 is 11.1. The molecule has 5 nitrogen and oxygen atoms in total. The van der Waals surface area contributed by atoms with Crippen LogP contribution in [-0.2, 0) is 28.9 Å². The minimum atomic E-state index is -0.369. The first-order chi connectivity index (χ1) is 10.9. The minimum Gasteiger partial charge on any atom is -0.462 e. The summed E-state index contributed by atoms with van der Waals surface area (Å²) in [5.74, 6) is -0.369. The van der Waals surface area contributed by atoms with Crippen LogP contribution in [0.2, 0.25) is 0 Å². The molecule has 2 aromatic heterocycles. The molecule has 1 aliphatic heterocycles. The average molecular weight is 334 g/mol. The number of aryl methyl sites for hydroxylation is 1. The number of nitrogens with two attached hydrogens (primary N) is 1. The molecule has 0 bridgehead atoms. The van der Waals surface area contributed by atoms with E-state index in [-0.39, 0.29) is 11.6 Å². The van der Waals surface area contributed by atoms with Crippen LogP contribution in [0.15, 0.2) is 0 Å². The van der Waals surface area contributed by atoms with Crippen molar-refractivity contribution in [2.45, 2.75) is 52.7 Å². The first kappa shape index (κ1) is 16.2. The molecule has 3 rings (SSSR count). The van der Waals surface area contributed by atoms with Crippen molar-refractivity contribution < 1.29 is 14.3 Å². The lowest BCUT2D eigenvalue weighted by atomic mass is 9.88. The van der Waals surface area contributed by atoms with Gasteiger partial charge in [0.2, 0.25) is 0 Å². The number of carbonyl (C=O) groups excluding carboxylic acids is 1. The fourth-order valence-electron chi connectivity index (χ4n) is 3.07. The third kappa shape index (κ3) is 2.70. The molecule has 0 fully saturated rings. The second-order valence-electron chi connectivity index (χ2n) is 6.34. The van der Waals surface area contributed by atoms with Crippen molar-refractivity contribution in [1.29, 1.82) is 0 Å². The Labute approximate surface area is 139 Å². The van der Waals surface area contributed by atoms with E-state index in [1.165, 1.54) is 16.9 Å². The van der Waals surface area contributed by atoms with Crippen molar-refractivity contribution >= 4 is 33.2 Å². The maximum absolute atomic E-state index is 12.1. The number of thiophene rings is 1. The zero-order valence-corrected chi connectivity index (χ0v) is 14.8. The molecule has 0 aromatic carbocycles. The van der Waals surface area contributed by atoms with Gasteiger partial charge < -0.3 is 15.2 Å². The standard InChI is InChI=1S/C17H22N2O3S/c1-5-11-10-8-22-17(3,4)7-9(10)12-13(18)14(16(20)21-6-2)23-15(12)19-11/h5-8,18H2,1-4H3. The van der Waals surface area contributed by atoms with Gasteiger partial charge in [-0.3, -0.25) is 0 Å². The van der Waals surface area contributed by atoms with Crippen LogP contribution in [0.25, 0.3) is 10.2 Å². The van der Waals surface area contributed by atoms with Gasteiger partial charge >= 0.3 is 5.97 Å². The molecule has 0 amide bonds. The zero-order chi connectivity index (χ0) is 16.8. The maximum Gasteiger partial charge on any atom is 0.350 e. The highest BCUT2D eigenvalue weighted by molar-refractivity contribution is 7.21. The van der Waals surface area contributed by atoms with Gasteiger partial charge in [-0.05, 0) is 32.8 Å². The molecule has 124 valence electrons. The molecule has 0 radical (unpaired) electrons. The third-order valence-corrected chi connectivity index (χ3v) is 5.26. The number of esters is 1. The number of rotatable bonds is 3. The maximum atomic E-state index is 12.1. The van der Waals surface area contributed by atoms with Crippen molar-refractivity contribution in [2.24, 2.45) is 0 Å². The van der Waals surface area contributed by atoms with Crippen LogP contribution in [0.1, 0.15) is 54.2 Å². The van der Waals surface area contributed by atoms with Crippen molar-refractivity contribution in [2.75, 3.05) is 12.3 Å². The van der Waals surface area contributed by atoms with Crippen molar-refractivity contribution in [3.8, 4) is 0 Å². The number of fused-ring (bicyclic) bond motifs is 3. The van der Waals surface area contributed by atoms with Gasteiger partial charge in [0, 0.05) is 23.1 Å². The number of ether oxygens (including phenoxy) is 2. The van der Waals surface area contributed by atoms with E-state index in [2.05, 4.69) is 20.8 Å². The van der Waals surface area contributed by atoms with Crippen LogP contribution in [0.5, 0.6) is 0 Å². The largest absolute Gasteiger partial charge is 0.462 e. The molecular weight excluding hydrogens is 312 g/mol. The van der Waals surface area contributed by atoms with E-state index in [1.54, 1.807) is 6.92 Å². The van der Waals surface area contributed by atoms with Crippen molar-refractivity contribution in [1.82, 2.24) is 4.98 Å². The number of nitrogens with zero attached hydrogens (tertiary/aromatic N) is 1.